The first-order valence-electron chi connectivity index (χ1n) is 3.83. The van der Waals surface area contributed by atoms with Crippen LogP contribution >= 0.6 is 0 Å². The van der Waals surface area contributed by atoms with Crippen molar-refractivity contribution in [1.82, 2.24) is 9.97 Å². The highest BCUT2D eigenvalue weighted by Crippen LogP contribution is 2.07. The zero-order valence-electron chi connectivity index (χ0n) is 6.75. The highest BCUT2D eigenvalue weighted by atomic mass is 16.4. The van der Waals surface area contributed by atoms with Crippen molar-refractivity contribution >= 4 is 23.4 Å². The van der Waals surface area contributed by atoms with Gasteiger partial charge in [-0.3, -0.25) is 9.97 Å². The molecule has 4 nitrogen and oxygen atoms in total. The molecule has 0 aliphatic rings. The monoisotopic (exact) mass is 174 g/mol. The lowest BCUT2D eigenvalue weighted by atomic mass is 9.79. The van der Waals surface area contributed by atoms with Crippen LogP contribution in [0.1, 0.15) is 0 Å². The molecule has 64 valence electrons. The summed E-state index contributed by atoms with van der Waals surface area (Å²) < 4.78 is 0. The Hall–Kier alpha value is -1.46. The summed E-state index contributed by atoms with van der Waals surface area (Å²) in [5.41, 5.74) is 0.403. The third-order valence-electron chi connectivity index (χ3n) is 1.87. The van der Waals surface area contributed by atoms with Crippen LogP contribution in [-0.2, 0) is 0 Å². The average molecular weight is 174 g/mol. The summed E-state index contributed by atoms with van der Waals surface area (Å²) in [7, 11) is -1.49. The van der Waals surface area contributed by atoms with E-state index in [1.165, 1.54) is 6.20 Å². The first-order valence-corrected chi connectivity index (χ1v) is 3.83. The van der Waals surface area contributed by atoms with Gasteiger partial charge in [0.1, 0.15) is 0 Å². The maximum absolute atomic E-state index is 9.02. The summed E-state index contributed by atoms with van der Waals surface area (Å²) in [5.74, 6) is 0. The molecular formula is C8H7BN2O2. The van der Waals surface area contributed by atoms with Gasteiger partial charge in [0.15, 0.2) is 0 Å². The fourth-order valence-corrected chi connectivity index (χ4v) is 1.25. The molecule has 13 heavy (non-hydrogen) atoms. The van der Waals surface area contributed by atoms with E-state index in [-0.39, 0.29) is 0 Å². The van der Waals surface area contributed by atoms with Gasteiger partial charge in [0.2, 0.25) is 0 Å². The van der Waals surface area contributed by atoms with Crippen molar-refractivity contribution in [3.63, 3.8) is 0 Å². The zero-order chi connectivity index (χ0) is 9.26. The van der Waals surface area contributed by atoms with E-state index in [0.29, 0.717) is 5.46 Å². The molecule has 0 aliphatic heterocycles. The Morgan fingerprint density at radius 2 is 1.85 bits per heavy atom. The van der Waals surface area contributed by atoms with Crippen LogP contribution in [0.2, 0.25) is 0 Å². The summed E-state index contributed by atoms with van der Waals surface area (Å²) in [5, 5.41) is 19.6. The molecule has 0 spiro atoms. The van der Waals surface area contributed by atoms with Crippen molar-refractivity contribution in [2.45, 2.75) is 0 Å². The topological polar surface area (TPSA) is 66.2 Å². The number of pyridine rings is 2. The number of rotatable bonds is 1. The second-order valence-electron chi connectivity index (χ2n) is 2.70. The Bertz CT molecular complexity index is 428. The molecule has 0 saturated heterocycles. The van der Waals surface area contributed by atoms with Gasteiger partial charge in [-0.1, -0.05) is 0 Å². The lowest BCUT2D eigenvalue weighted by molar-refractivity contribution is 0.426. The van der Waals surface area contributed by atoms with Crippen LogP contribution < -0.4 is 5.46 Å². The highest BCUT2D eigenvalue weighted by Gasteiger charge is 2.14. The number of fused-ring (bicyclic) bond motifs is 1. The molecule has 0 saturated carbocycles. The van der Waals surface area contributed by atoms with Crippen molar-refractivity contribution < 1.29 is 10.0 Å². The van der Waals surface area contributed by atoms with E-state index < -0.39 is 7.12 Å². The minimum absolute atomic E-state index is 0.403. The molecule has 2 N–H and O–H groups in total. The molecule has 2 rings (SSSR count). The zero-order valence-corrected chi connectivity index (χ0v) is 6.75. The third kappa shape index (κ3) is 1.39. The number of aromatic nitrogens is 2. The molecule has 0 amide bonds. The van der Waals surface area contributed by atoms with Gasteiger partial charge in [0.25, 0.3) is 0 Å². The number of hydrogen-bond acceptors (Lipinski definition) is 4. The van der Waals surface area contributed by atoms with E-state index >= 15 is 0 Å². The molecule has 0 radical (unpaired) electrons. The van der Waals surface area contributed by atoms with Crippen LogP contribution in [0.15, 0.2) is 30.9 Å². The fraction of sp³-hybridized carbons (Fsp3) is 0. The van der Waals surface area contributed by atoms with Crippen LogP contribution in [0.3, 0.4) is 0 Å². The van der Waals surface area contributed by atoms with Crippen LogP contribution in [0.5, 0.6) is 0 Å². The second kappa shape index (κ2) is 3.12. The molecule has 0 bridgehead atoms. The van der Waals surface area contributed by atoms with E-state index in [9.17, 15) is 0 Å². The van der Waals surface area contributed by atoms with E-state index in [2.05, 4.69) is 9.97 Å². The standard InChI is InChI=1S/C8H7BN2O2/c12-9(13)8-5-11-4-6-3-10-2-1-7(6)8/h1-5,12-13H. The molecule has 2 aromatic heterocycles. The van der Waals surface area contributed by atoms with Crippen LogP contribution in [-0.4, -0.2) is 27.1 Å². The number of hydrogen-bond donors (Lipinski definition) is 2. The lowest BCUT2D eigenvalue weighted by Gasteiger charge is -2.02. The van der Waals surface area contributed by atoms with Crippen molar-refractivity contribution in [3.05, 3.63) is 30.9 Å². The molecule has 0 aliphatic carbocycles. The second-order valence-corrected chi connectivity index (χ2v) is 2.70. The summed E-state index contributed by atoms with van der Waals surface area (Å²) in [6.45, 7) is 0. The predicted octanol–water partition coefficient (Wildman–Crippen LogP) is -0.690. The van der Waals surface area contributed by atoms with Gasteiger partial charge in [-0.2, -0.15) is 0 Å². The summed E-state index contributed by atoms with van der Waals surface area (Å²) >= 11 is 0. The Morgan fingerprint density at radius 1 is 1.08 bits per heavy atom. The summed E-state index contributed by atoms with van der Waals surface area (Å²) in [6, 6.07) is 1.73. The molecule has 0 fully saturated rings. The minimum Gasteiger partial charge on any atom is -0.423 e. The molecular weight excluding hydrogens is 167 g/mol. The van der Waals surface area contributed by atoms with Gasteiger partial charge >= 0.3 is 7.12 Å². The minimum atomic E-state index is -1.49. The summed E-state index contributed by atoms with van der Waals surface area (Å²) in [6.07, 6.45) is 6.31. The Labute approximate surface area is 75.0 Å². The SMILES string of the molecule is OB(O)c1cncc2cnccc12. The van der Waals surface area contributed by atoms with E-state index in [0.717, 1.165) is 10.8 Å². The molecule has 2 aromatic rings. The maximum atomic E-state index is 9.02. The fourth-order valence-electron chi connectivity index (χ4n) is 1.25. The van der Waals surface area contributed by atoms with Crippen molar-refractivity contribution in [2.75, 3.05) is 0 Å². The molecule has 5 heteroatoms. The normalized spacial score (nSPS) is 10.3. The van der Waals surface area contributed by atoms with Gasteiger partial charge in [-0.05, 0) is 11.5 Å². The molecule has 0 atom stereocenters. The van der Waals surface area contributed by atoms with Crippen LogP contribution in [0.4, 0.5) is 0 Å². The largest absolute Gasteiger partial charge is 0.490 e. The van der Waals surface area contributed by atoms with Gasteiger partial charge < -0.3 is 10.0 Å². The Morgan fingerprint density at radius 3 is 2.62 bits per heavy atom. The lowest BCUT2D eigenvalue weighted by Crippen LogP contribution is -2.30. The van der Waals surface area contributed by atoms with Crippen molar-refractivity contribution in [3.8, 4) is 0 Å². The van der Waals surface area contributed by atoms with Gasteiger partial charge in [0, 0.05) is 35.6 Å². The van der Waals surface area contributed by atoms with Gasteiger partial charge in [-0.15, -0.1) is 0 Å². The van der Waals surface area contributed by atoms with Gasteiger partial charge in [0.05, 0.1) is 0 Å². The first kappa shape index (κ1) is 8.16. The van der Waals surface area contributed by atoms with E-state index in [1.54, 1.807) is 24.7 Å². The molecule has 2 heterocycles. The highest BCUT2D eigenvalue weighted by molar-refractivity contribution is 6.61. The summed E-state index contributed by atoms with van der Waals surface area (Å²) in [4.78, 5) is 7.78. The van der Waals surface area contributed by atoms with Crippen molar-refractivity contribution in [1.29, 1.82) is 0 Å². The Balaban J connectivity index is 2.76. The quantitative estimate of drug-likeness (QED) is 0.561. The smallest absolute Gasteiger partial charge is 0.423 e. The number of nitrogens with zero attached hydrogens (tertiary/aromatic N) is 2. The third-order valence-corrected chi connectivity index (χ3v) is 1.87. The Kier molecular flexibility index (Phi) is 1.96. The predicted molar refractivity (Wildman–Crippen MR) is 49.4 cm³/mol. The average Bonchev–Trinajstić information content (AvgIpc) is 2.17. The van der Waals surface area contributed by atoms with E-state index in [1.807, 2.05) is 0 Å². The molecule has 0 aromatic carbocycles. The first-order chi connectivity index (χ1) is 6.29. The van der Waals surface area contributed by atoms with Crippen molar-refractivity contribution in [2.24, 2.45) is 0 Å². The van der Waals surface area contributed by atoms with Crippen LogP contribution in [0.25, 0.3) is 10.8 Å². The van der Waals surface area contributed by atoms with E-state index in [4.69, 9.17) is 10.0 Å². The van der Waals surface area contributed by atoms with Gasteiger partial charge in [-0.25, -0.2) is 0 Å². The molecule has 0 unspecified atom stereocenters. The maximum Gasteiger partial charge on any atom is 0.490 e. The van der Waals surface area contributed by atoms with Crippen LogP contribution in [0, 0.1) is 0 Å².